The van der Waals surface area contributed by atoms with Crippen LogP contribution in [0.15, 0.2) is 24.3 Å². The number of ether oxygens (including phenoxy) is 2. The van der Waals surface area contributed by atoms with Gasteiger partial charge in [0.25, 0.3) is 0 Å². The third kappa shape index (κ3) is 3.72. The molecular formula is C18H24FNO3. The van der Waals surface area contributed by atoms with Crippen LogP contribution in [-0.2, 0) is 20.7 Å². The van der Waals surface area contributed by atoms with E-state index < -0.39 is 0 Å². The van der Waals surface area contributed by atoms with E-state index in [9.17, 15) is 9.18 Å². The van der Waals surface area contributed by atoms with Crippen LogP contribution < -0.4 is 5.32 Å². The zero-order valence-electron chi connectivity index (χ0n) is 13.5. The normalized spacial score (nSPS) is 29.0. The lowest BCUT2D eigenvalue weighted by Crippen LogP contribution is -2.62. The Hall–Kier alpha value is -1.46. The average molecular weight is 321 g/mol. The summed E-state index contributed by atoms with van der Waals surface area (Å²) < 4.78 is 23.8. The van der Waals surface area contributed by atoms with Gasteiger partial charge in [0.2, 0.25) is 5.91 Å². The number of hydrogen-bond donors (Lipinski definition) is 1. The Morgan fingerprint density at radius 2 is 2.17 bits per heavy atom. The van der Waals surface area contributed by atoms with Crippen LogP contribution in [0.1, 0.15) is 24.8 Å². The quantitative estimate of drug-likeness (QED) is 0.838. The number of methoxy groups -OCH3 is 1. The van der Waals surface area contributed by atoms with Crippen LogP contribution in [0.2, 0.25) is 0 Å². The SMILES string of the molecule is COC[C@@H]1[C@@H](NC(=O)CCCc2ccc(F)cc2)[C@@H]2CCO[C@H]12. The minimum Gasteiger partial charge on any atom is -0.384 e. The predicted octanol–water partition coefficient (Wildman–Crippen LogP) is 2.31. The molecule has 4 nitrogen and oxygen atoms in total. The molecule has 1 saturated heterocycles. The van der Waals surface area contributed by atoms with Gasteiger partial charge < -0.3 is 14.8 Å². The van der Waals surface area contributed by atoms with Crippen molar-refractivity contribution in [2.45, 2.75) is 37.8 Å². The minimum atomic E-state index is -0.228. The molecule has 2 fully saturated rings. The minimum absolute atomic E-state index is 0.0866. The maximum Gasteiger partial charge on any atom is 0.220 e. The van der Waals surface area contributed by atoms with E-state index in [-0.39, 0.29) is 29.8 Å². The lowest BCUT2D eigenvalue weighted by atomic mass is 9.67. The maximum atomic E-state index is 12.8. The molecule has 0 unspecified atom stereocenters. The van der Waals surface area contributed by atoms with E-state index in [4.69, 9.17) is 9.47 Å². The predicted molar refractivity (Wildman–Crippen MR) is 84.5 cm³/mol. The number of carbonyl (C=O) groups is 1. The van der Waals surface area contributed by atoms with Gasteiger partial charge in [-0.15, -0.1) is 0 Å². The molecule has 2 aliphatic rings. The first-order valence-electron chi connectivity index (χ1n) is 8.33. The van der Waals surface area contributed by atoms with Crippen LogP contribution in [0.25, 0.3) is 0 Å². The van der Waals surface area contributed by atoms with Crippen molar-refractivity contribution in [3.63, 3.8) is 0 Å². The van der Waals surface area contributed by atoms with E-state index in [2.05, 4.69) is 5.32 Å². The van der Waals surface area contributed by atoms with Crippen LogP contribution in [-0.4, -0.2) is 38.4 Å². The number of hydrogen-bond acceptors (Lipinski definition) is 3. The van der Waals surface area contributed by atoms with Crippen LogP contribution in [0.4, 0.5) is 4.39 Å². The second-order valence-corrected chi connectivity index (χ2v) is 6.48. The van der Waals surface area contributed by atoms with Gasteiger partial charge in [0, 0.05) is 38.0 Å². The summed E-state index contributed by atoms with van der Waals surface area (Å²) in [5.41, 5.74) is 1.06. The van der Waals surface area contributed by atoms with Crippen molar-refractivity contribution in [2.24, 2.45) is 11.8 Å². The van der Waals surface area contributed by atoms with E-state index in [1.807, 2.05) is 0 Å². The Balaban J connectivity index is 1.43. The van der Waals surface area contributed by atoms with Gasteiger partial charge in [-0.2, -0.15) is 0 Å². The molecule has 1 aromatic carbocycles. The van der Waals surface area contributed by atoms with Crippen molar-refractivity contribution < 1.29 is 18.7 Å². The van der Waals surface area contributed by atoms with Gasteiger partial charge >= 0.3 is 0 Å². The zero-order valence-corrected chi connectivity index (χ0v) is 13.5. The lowest BCUT2D eigenvalue weighted by molar-refractivity contribution is -0.129. The molecule has 1 aromatic rings. The van der Waals surface area contributed by atoms with Crippen molar-refractivity contribution in [3.8, 4) is 0 Å². The Labute approximate surface area is 136 Å². The van der Waals surface area contributed by atoms with Crippen LogP contribution in [0.5, 0.6) is 0 Å². The van der Waals surface area contributed by atoms with Gasteiger partial charge in [-0.05, 0) is 37.0 Å². The second kappa shape index (κ2) is 7.41. The Morgan fingerprint density at radius 3 is 2.91 bits per heavy atom. The summed E-state index contributed by atoms with van der Waals surface area (Å²) in [5.74, 6) is 0.572. The Bertz CT molecular complexity index is 534. The number of benzene rings is 1. The van der Waals surface area contributed by atoms with Gasteiger partial charge in [-0.1, -0.05) is 12.1 Å². The number of halogens is 1. The summed E-state index contributed by atoms with van der Waals surface area (Å²) in [6, 6.07) is 6.64. The third-order valence-corrected chi connectivity index (χ3v) is 5.00. The Kier molecular flexibility index (Phi) is 5.28. The summed E-state index contributed by atoms with van der Waals surface area (Å²) in [5, 5.41) is 3.16. The van der Waals surface area contributed by atoms with Crippen molar-refractivity contribution in [1.82, 2.24) is 5.32 Å². The number of nitrogens with one attached hydrogen (secondary N) is 1. The highest BCUT2D eigenvalue weighted by Crippen LogP contribution is 2.43. The largest absolute Gasteiger partial charge is 0.384 e. The molecule has 0 bridgehead atoms. The number of aryl methyl sites for hydroxylation is 1. The van der Waals surface area contributed by atoms with Crippen molar-refractivity contribution in [3.05, 3.63) is 35.6 Å². The highest BCUT2D eigenvalue weighted by molar-refractivity contribution is 5.76. The molecule has 126 valence electrons. The third-order valence-electron chi connectivity index (χ3n) is 5.00. The number of rotatable bonds is 7. The molecule has 1 aliphatic heterocycles. The maximum absolute atomic E-state index is 12.8. The molecule has 4 atom stereocenters. The lowest BCUT2D eigenvalue weighted by Gasteiger charge is -2.47. The average Bonchev–Trinajstić information content (AvgIpc) is 2.97. The molecule has 0 radical (unpaired) electrons. The van der Waals surface area contributed by atoms with Crippen molar-refractivity contribution >= 4 is 5.91 Å². The fourth-order valence-electron chi connectivity index (χ4n) is 3.80. The van der Waals surface area contributed by atoms with Crippen LogP contribution in [0, 0.1) is 17.7 Å². The monoisotopic (exact) mass is 321 g/mol. The molecule has 1 heterocycles. The second-order valence-electron chi connectivity index (χ2n) is 6.48. The molecular weight excluding hydrogens is 297 g/mol. The van der Waals surface area contributed by atoms with E-state index >= 15 is 0 Å². The van der Waals surface area contributed by atoms with Gasteiger partial charge in [-0.25, -0.2) is 4.39 Å². The van der Waals surface area contributed by atoms with Crippen LogP contribution >= 0.6 is 0 Å². The molecule has 0 aromatic heterocycles. The highest BCUT2D eigenvalue weighted by Gasteiger charge is 2.54. The molecule has 0 spiro atoms. The molecule has 1 aliphatic carbocycles. The molecule has 1 N–H and O–H groups in total. The smallest absolute Gasteiger partial charge is 0.220 e. The van der Waals surface area contributed by atoms with Crippen LogP contribution in [0.3, 0.4) is 0 Å². The van der Waals surface area contributed by atoms with Crippen molar-refractivity contribution in [1.29, 1.82) is 0 Å². The first-order valence-corrected chi connectivity index (χ1v) is 8.33. The molecule has 3 rings (SSSR count). The summed E-state index contributed by atoms with van der Waals surface area (Å²) in [6.07, 6.45) is 3.31. The topological polar surface area (TPSA) is 47.6 Å². The number of carbonyl (C=O) groups excluding carboxylic acids is 1. The summed E-state index contributed by atoms with van der Waals surface area (Å²) >= 11 is 0. The van der Waals surface area contributed by atoms with Crippen molar-refractivity contribution in [2.75, 3.05) is 20.3 Å². The van der Waals surface area contributed by atoms with E-state index in [0.29, 0.717) is 18.9 Å². The first-order chi connectivity index (χ1) is 11.2. The fraction of sp³-hybridized carbons (Fsp3) is 0.611. The highest BCUT2D eigenvalue weighted by atomic mass is 19.1. The zero-order chi connectivity index (χ0) is 16.2. The fourth-order valence-corrected chi connectivity index (χ4v) is 3.80. The summed E-state index contributed by atoms with van der Waals surface area (Å²) in [7, 11) is 1.68. The molecule has 23 heavy (non-hydrogen) atoms. The summed E-state index contributed by atoms with van der Waals surface area (Å²) in [6.45, 7) is 1.41. The number of amides is 1. The van der Waals surface area contributed by atoms with Gasteiger partial charge in [0.05, 0.1) is 12.7 Å². The van der Waals surface area contributed by atoms with Gasteiger partial charge in [-0.3, -0.25) is 4.79 Å². The van der Waals surface area contributed by atoms with E-state index in [1.165, 1.54) is 12.1 Å². The standard InChI is InChI=1S/C18H24FNO3/c1-22-11-15-17(14-9-10-23-18(14)15)20-16(21)4-2-3-12-5-7-13(19)8-6-12/h5-8,14-15,17-18H,2-4,9-11H2,1H3,(H,20,21)/t14-,15+,17-,18-/m0/s1. The van der Waals surface area contributed by atoms with E-state index in [1.54, 1.807) is 19.2 Å². The molecule has 1 saturated carbocycles. The first kappa shape index (κ1) is 16.4. The van der Waals surface area contributed by atoms with E-state index in [0.717, 1.165) is 31.4 Å². The Morgan fingerprint density at radius 1 is 1.39 bits per heavy atom. The molecule has 1 amide bonds. The summed E-state index contributed by atoms with van der Waals surface area (Å²) in [4.78, 5) is 12.2. The van der Waals surface area contributed by atoms with Gasteiger partial charge in [0.15, 0.2) is 0 Å². The number of fused-ring (bicyclic) bond motifs is 1. The molecule has 5 heteroatoms. The van der Waals surface area contributed by atoms with Gasteiger partial charge in [0.1, 0.15) is 5.82 Å².